The molecule has 1 saturated heterocycles. The number of fused-ring (bicyclic) bond motifs is 2. The molecule has 1 aromatic carbocycles. The molecule has 0 radical (unpaired) electrons. The third-order valence-corrected chi connectivity index (χ3v) is 7.20. The summed E-state index contributed by atoms with van der Waals surface area (Å²) in [6.45, 7) is 4.32. The van der Waals surface area contributed by atoms with Crippen LogP contribution >= 0.6 is 0 Å². The van der Waals surface area contributed by atoms with Crippen molar-refractivity contribution >= 4 is 29.2 Å². The van der Waals surface area contributed by atoms with E-state index in [2.05, 4.69) is 10.1 Å². The van der Waals surface area contributed by atoms with Gasteiger partial charge in [0, 0.05) is 48.1 Å². The zero-order valence-electron chi connectivity index (χ0n) is 23.8. The molecule has 0 atom stereocenters. The quantitative estimate of drug-likeness (QED) is 0.359. The number of amides is 2. The van der Waals surface area contributed by atoms with Crippen LogP contribution in [0.15, 0.2) is 42.9 Å². The van der Waals surface area contributed by atoms with Crippen LogP contribution in [0, 0.1) is 11.7 Å². The van der Waals surface area contributed by atoms with Gasteiger partial charge in [-0.3, -0.25) is 14.4 Å². The Morgan fingerprint density at radius 3 is 2.43 bits per heavy atom. The Hall–Kier alpha value is -4.00. The van der Waals surface area contributed by atoms with Crippen molar-refractivity contribution in [3.63, 3.8) is 0 Å². The van der Waals surface area contributed by atoms with Crippen LogP contribution in [0.4, 0.5) is 39.5 Å². The van der Waals surface area contributed by atoms with Crippen molar-refractivity contribution in [2.45, 2.75) is 51.9 Å². The van der Waals surface area contributed by atoms with Gasteiger partial charge in [-0.1, -0.05) is 6.07 Å². The molecule has 2 aromatic heterocycles. The number of aromatic nitrogens is 3. The maximum absolute atomic E-state index is 15.8. The van der Waals surface area contributed by atoms with Gasteiger partial charge in [0.25, 0.3) is 0 Å². The lowest BCUT2D eigenvalue weighted by Gasteiger charge is -2.35. The van der Waals surface area contributed by atoms with Crippen LogP contribution in [0.3, 0.4) is 0 Å². The summed E-state index contributed by atoms with van der Waals surface area (Å²) in [4.78, 5) is 36.1. The van der Waals surface area contributed by atoms with Gasteiger partial charge in [-0.25, -0.2) is 19.1 Å². The van der Waals surface area contributed by atoms with E-state index in [9.17, 15) is 22.8 Å². The number of anilines is 3. The van der Waals surface area contributed by atoms with E-state index in [4.69, 9.17) is 4.74 Å². The molecule has 0 N–H and O–H groups in total. The number of hydrogen-bond acceptors (Lipinski definition) is 6. The molecule has 13 heteroatoms. The molecular formula is C29H32F4N6O3. The van der Waals surface area contributed by atoms with E-state index in [1.54, 1.807) is 46.1 Å². The first kappa shape index (κ1) is 29.5. The molecule has 0 saturated carbocycles. The molecule has 2 amide bonds. The number of ether oxygens (including phenoxy) is 1. The molecule has 0 unspecified atom stereocenters. The second kappa shape index (κ2) is 11.0. The number of benzene rings is 1. The maximum Gasteiger partial charge on any atom is 0.420 e. The first-order valence-corrected chi connectivity index (χ1v) is 13.6. The normalized spacial score (nSPS) is 16.6. The summed E-state index contributed by atoms with van der Waals surface area (Å²) in [5.74, 6) is -1.35. The molecule has 0 bridgehead atoms. The number of piperidine rings is 1. The Morgan fingerprint density at radius 1 is 1.10 bits per heavy atom. The van der Waals surface area contributed by atoms with E-state index in [1.807, 2.05) is 0 Å². The van der Waals surface area contributed by atoms with Gasteiger partial charge >= 0.3 is 12.3 Å². The smallest absolute Gasteiger partial charge is 0.420 e. The Morgan fingerprint density at radius 2 is 1.81 bits per heavy atom. The zero-order chi connectivity index (χ0) is 30.4. The molecule has 2 aliphatic heterocycles. The van der Waals surface area contributed by atoms with Crippen molar-refractivity contribution in [1.29, 1.82) is 0 Å². The summed E-state index contributed by atoms with van der Waals surface area (Å²) >= 11 is 0. The molecule has 224 valence electrons. The van der Waals surface area contributed by atoms with Crippen LogP contribution in [-0.2, 0) is 23.1 Å². The van der Waals surface area contributed by atoms with Crippen molar-refractivity contribution in [2.24, 2.45) is 13.0 Å². The molecule has 0 spiro atoms. The van der Waals surface area contributed by atoms with Gasteiger partial charge in [0.15, 0.2) is 0 Å². The summed E-state index contributed by atoms with van der Waals surface area (Å²) in [5, 5.41) is 4.13. The average Bonchev–Trinajstić information content (AvgIpc) is 3.26. The monoisotopic (exact) mass is 588 g/mol. The number of carbonyl (C=O) groups excluding carboxylic acids is 2. The van der Waals surface area contributed by atoms with Gasteiger partial charge < -0.3 is 9.64 Å². The number of hydrogen-bond donors (Lipinski definition) is 0. The van der Waals surface area contributed by atoms with Crippen LogP contribution in [0.5, 0.6) is 0 Å². The topological polar surface area (TPSA) is 83.8 Å². The van der Waals surface area contributed by atoms with Crippen molar-refractivity contribution in [3.05, 3.63) is 54.2 Å². The van der Waals surface area contributed by atoms with Crippen molar-refractivity contribution < 1.29 is 31.9 Å². The number of nitrogens with zero attached hydrogens (tertiary/aromatic N) is 6. The van der Waals surface area contributed by atoms with E-state index < -0.39 is 36.2 Å². The highest BCUT2D eigenvalue weighted by Gasteiger charge is 2.39. The number of likely N-dealkylation sites (tertiary alicyclic amines) is 1. The molecule has 0 aliphatic carbocycles. The summed E-state index contributed by atoms with van der Waals surface area (Å²) in [6, 6.07) is 6.07. The van der Waals surface area contributed by atoms with Crippen molar-refractivity contribution in [3.8, 4) is 11.1 Å². The molecule has 2 aliphatic rings. The van der Waals surface area contributed by atoms with Gasteiger partial charge in [-0.15, -0.1) is 0 Å². The van der Waals surface area contributed by atoms with Gasteiger partial charge in [-0.2, -0.15) is 18.3 Å². The Kier molecular flexibility index (Phi) is 7.73. The predicted molar refractivity (Wildman–Crippen MR) is 148 cm³/mol. The molecular weight excluding hydrogens is 556 g/mol. The Labute approximate surface area is 240 Å². The number of aryl methyl sites for hydroxylation is 1. The summed E-state index contributed by atoms with van der Waals surface area (Å²) in [7, 11) is 1.69. The van der Waals surface area contributed by atoms with Gasteiger partial charge in [0.05, 0.1) is 30.7 Å². The van der Waals surface area contributed by atoms with Gasteiger partial charge in [0.2, 0.25) is 5.91 Å². The number of halogens is 4. The van der Waals surface area contributed by atoms with Gasteiger partial charge in [-0.05, 0) is 58.8 Å². The lowest BCUT2D eigenvalue weighted by atomic mass is 9.94. The highest BCUT2D eigenvalue weighted by atomic mass is 19.4. The largest absolute Gasteiger partial charge is 0.443 e. The fraction of sp³-hybridized carbons (Fsp3) is 0.448. The molecule has 1 fully saturated rings. The Bertz CT molecular complexity index is 1490. The SMILES string of the molecule is Cn1cc(-c2cc3c(cc2F)N(C(=O)OC(C)(C)C)c2ncccc2CN3C(=O)C2CCN(CC(F)(F)F)CC2)cn1. The lowest BCUT2D eigenvalue weighted by molar-refractivity contribution is -0.149. The number of pyridine rings is 1. The van der Waals surface area contributed by atoms with E-state index in [-0.39, 0.29) is 61.1 Å². The van der Waals surface area contributed by atoms with Crippen LogP contribution in [-0.4, -0.2) is 63.1 Å². The maximum atomic E-state index is 15.8. The third kappa shape index (κ3) is 6.25. The molecule has 5 rings (SSSR count). The van der Waals surface area contributed by atoms with Crippen LogP contribution in [0.1, 0.15) is 39.2 Å². The first-order valence-electron chi connectivity index (χ1n) is 13.6. The molecule has 3 aromatic rings. The third-order valence-electron chi connectivity index (χ3n) is 7.20. The average molecular weight is 589 g/mol. The van der Waals surface area contributed by atoms with E-state index in [0.29, 0.717) is 11.1 Å². The lowest BCUT2D eigenvalue weighted by Crippen LogP contribution is -2.45. The second-order valence-corrected chi connectivity index (χ2v) is 11.6. The van der Waals surface area contributed by atoms with E-state index in [0.717, 1.165) is 0 Å². The minimum absolute atomic E-state index is 0.00911. The van der Waals surface area contributed by atoms with Gasteiger partial charge in [0.1, 0.15) is 17.2 Å². The van der Waals surface area contributed by atoms with E-state index >= 15 is 4.39 Å². The van der Waals surface area contributed by atoms with Crippen molar-refractivity contribution in [1.82, 2.24) is 19.7 Å². The highest BCUT2D eigenvalue weighted by molar-refractivity contribution is 6.07. The fourth-order valence-corrected chi connectivity index (χ4v) is 5.35. The standard InChI is InChI=1S/C29H32F4N6O3/c1-28(2,3)42-27(41)39-24-13-22(30)21(20-14-35-36(4)15-20)12-23(24)38(16-19-6-5-9-34-25(19)39)26(40)18-7-10-37(11-8-18)17-29(31,32)33/h5-6,9,12-15,18H,7-8,10-11,16-17H2,1-4H3. The van der Waals surface area contributed by atoms with Crippen LogP contribution in [0.25, 0.3) is 11.1 Å². The zero-order valence-corrected chi connectivity index (χ0v) is 23.8. The number of carbonyl (C=O) groups is 2. The summed E-state index contributed by atoms with van der Waals surface area (Å²) in [6.07, 6.45) is -0.0517. The fourth-order valence-electron chi connectivity index (χ4n) is 5.35. The minimum atomic E-state index is -4.32. The molecule has 42 heavy (non-hydrogen) atoms. The second-order valence-electron chi connectivity index (χ2n) is 11.6. The minimum Gasteiger partial charge on any atom is -0.443 e. The molecule has 4 heterocycles. The Balaban J connectivity index is 1.61. The van der Waals surface area contributed by atoms with Crippen LogP contribution < -0.4 is 9.80 Å². The molecule has 9 nitrogen and oxygen atoms in total. The van der Waals surface area contributed by atoms with E-state index in [1.165, 1.54) is 43.9 Å². The van der Waals surface area contributed by atoms with Crippen LogP contribution in [0.2, 0.25) is 0 Å². The first-order chi connectivity index (χ1) is 19.7. The predicted octanol–water partition coefficient (Wildman–Crippen LogP) is 5.82. The number of alkyl halides is 3. The highest BCUT2D eigenvalue weighted by Crippen LogP contribution is 2.44. The summed E-state index contributed by atoms with van der Waals surface area (Å²) in [5.41, 5.74) is 0.589. The number of rotatable bonds is 3. The van der Waals surface area contributed by atoms with Crippen molar-refractivity contribution in [2.75, 3.05) is 29.4 Å². The summed E-state index contributed by atoms with van der Waals surface area (Å²) < 4.78 is 61.8.